The van der Waals surface area contributed by atoms with E-state index in [1.807, 2.05) is 48.5 Å². The molecule has 0 saturated heterocycles. The van der Waals surface area contributed by atoms with Crippen LogP contribution in [0.2, 0.25) is 0 Å². The van der Waals surface area contributed by atoms with Crippen LogP contribution in [0.3, 0.4) is 0 Å². The van der Waals surface area contributed by atoms with Crippen LogP contribution in [-0.2, 0) is 4.79 Å². The number of allylic oxidation sites excluding steroid dienone is 3. The lowest BCUT2D eigenvalue weighted by Crippen LogP contribution is -2.50. The summed E-state index contributed by atoms with van der Waals surface area (Å²) in [6.45, 7) is 162. The number of rotatable bonds is 2. The molecule has 1 saturated carbocycles. The van der Waals surface area contributed by atoms with Crippen LogP contribution in [0.15, 0.2) is 24.3 Å². The SMILES string of the molecule is C=C(C(C)(C)C)C(C)(C)C.CC(C(C)(C)C)C(C)(C)C.CC(C)(C)/C=C/C(C)(C)C.CC(C)(C)C(=O)C(C)(C)C.CC(C)(C)C(C)(C)C(C)(C)C.CC(C)(C)C(C)(O)C(C)(C)C.CC(C)(C)C(O)C(C)(C)C.CC(C)(C)C1(C(C)(C)C)CC1.CC(C)(C)CC(C)(C)C.CC(C)(C)CCC(C)(C)C.CCC(C(C)(C)C)C(C)(C)C. The molecule has 0 radical (unpaired) electrons. The lowest BCUT2D eigenvalue weighted by atomic mass is 9.56. The first-order chi connectivity index (χ1) is 47.1. The highest BCUT2D eigenvalue weighted by Gasteiger charge is 2.58. The number of aliphatic hydroxyl groups excluding tert-OH is 1. The van der Waals surface area contributed by atoms with Crippen molar-refractivity contribution in [1.82, 2.24) is 0 Å². The lowest BCUT2D eigenvalue weighted by Gasteiger charge is -2.49. The molecule has 0 heterocycles. The molecule has 0 aromatic carbocycles. The highest BCUT2D eigenvalue weighted by atomic mass is 16.3. The second kappa shape index (κ2) is 45.4. The van der Waals surface area contributed by atoms with Crippen molar-refractivity contribution in [2.24, 2.45) is 142 Å². The van der Waals surface area contributed by atoms with Crippen molar-refractivity contribution in [3.63, 3.8) is 0 Å². The maximum absolute atomic E-state index is 11.5. The van der Waals surface area contributed by atoms with Crippen LogP contribution in [0.1, 0.15) is 530 Å². The predicted molar refractivity (Wildman–Crippen MR) is 530 cm³/mol. The third-order valence-corrected chi connectivity index (χ3v) is 24.0. The van der Waals surface area contributed by atoms with Gasteiger partial charge in [0.1, 0.15) is 5.78 Å². The van der Waals surface area contributed by atoms with E-state index < -0.39 is 5.60 Å². The second-order valence-corrected chi connectivity index (χ2v) is 59.9. The molecule has 113 heavy (non-hydrogen) atoms. The standard InChI is InChI=1S/C11H22.2C11H24.C10H22O.C10H22.C10H20.C10H22.C10H20.C9H20O.C9H18O.C9H20/c1-9(2,3)11(7-8-11)10(4,5)6;1-9(2,3)11(7,8)10(4,5)6;1-8-9(10(2,3)4)11(5,6)7;1-8(2,3)10(7,11)9(4,5)6;2*1-9(2,3)7-8-10(4,5)6;2*1-8(9(2,3)4)10(5,6)7;2*1-8(2,3)7(10)9(4,5)6;1-8(2,3)7-9(4,5)6/h7-8H2,1-6H3;1-8H3;9H,8H2,1-7H3;11H,1-7H3;7-8H2,1-6H3;7-8H,1-6H3;8H,1-7H3;1H2,2-7H3;7,10H,1-6H3;1-6H3;7H2,1-6H3/b;;;;;8-7+;;;;;. The Hall–Kier alpha value is -0.930. The van der Waals surface area contributed by atoms with Crippen molar-refractivity contribution in [2.45, 2.75) is 542 Å². The Labute approximate surface area is 724 Å². The third-order valence-electron chi connectivity index (χ3n) is 24.0. The smallest absolute Gasteiger partial charge is 0.143 e. The van der Waals surface area contributed by atoms with Gasteiger partial charge in [-0.2, -0.15) is 0 Å². The highest BCUT2D eigenvalue weighted by molar-refractivity contribution is 5.88. The molecule has 0 bridgehead atoms. The molecule has 0 spiro atoms. The summed E-state index contributed by atoms with van der Waals surface area (Å²) in [7, 11) is 0. The Balaban J connectivity index is -0.000000129. The largest absolute Gasteiger partial charge is 0.392 e. The zero-order valence-corrected chi connectivity index (χ0v) is 93.6. The summed E-state index contributed by atoms with van der Waals surface area (Å²) in [6.07, 6.45) is 12.4. The fourth-order valence-electron chi connectivity index (χ4n) is 15.2. The van der Waals surface area contributed by atoms with Crippen LogP contribution >= 0.6 is 0 Å². The maximum atomic E-state index is 11.5. The molecule has 692 valence electrons. The highest BCUT2D eigenvalue weighted by Crippen LogP contribution is 2.68. The molecule has 0 aliphatic heterocycles. The average Bonchev–Trinajstić information content (AvgIpc) is 1.57. The van der Waals surface area contributed by atoms with Gasteiger partial charge in [0.25, 0.3) is 0 Å². The van der Waals surface area contributed by atoms with Crippen molar-refractivity contribution in [2.75, 3.05) is 0 Å². The molecule has 1 rings (SSSR count). The maximum Gasteiger partial charge on any atom is 0.143 e. The first kappa shape index (κ1) is 133. The van der Waals surface area contributed by atoms with Crippen molar-refractivity contribution in [3.05, 3.63) is 24.3 Å². The van der Waals surface area contributed by atoms with Gasteiger partial charge in [-0.3, -0.25) is 4.79 Å². The van der Waals surface area contributed by atoms with Gasteiger partial charge in [-0.1, -0.05) is 515 Å². The number of ketones is 1. The molecular weight excluding hydrogens is 1370 g/mol. The quantitative estimate of drug-likeness (QED) is 0.271. The number of hydrogen-bond acceptors (Lipinski definition) is 3. The van der Waals surface area contributed by atoms with Gasteiger partial charge in [-0.25, -0.2) is 0 Å². The molecule has 2 N–H and O–H groups in total. The van der Waals surface area contributed by atoms with Crippen molar-refractivity contribution >= 4 is 5.78 Å². The van der Waals surface area contributed by atoms with Gasteiger partial charge in [0.15, 0.2) is 0 Å². The van der Waals surface area contributed by atoms with Gasteiger partial charge in [-0.05, 0) is 170 Å². The number of carbonyl (C=O) groups excluding carboxylic acids is 1. The number of carbonyl (C=O) groups is 1. The number of hydrogen-bond donors (Lipinski definition) is 2. The van der Waals surface area contributed by atoms with E-state index in [4.69, 9.17) is 0 Å². The molecule has 3 nitrogen and oxygen atoms in total. The summed E-state index contributed by atoms with van der Waals surface area (Å²) in [5.41, 5.74) is 7.83. The summed E-state index contributed by atoms with van der Waals surface area (Å²) in [6, 6.07) is 0. The fourth-order valence-corrected chi connectivity index (χ4v) is 15.2. The fraction of sp³-hybridized carbons (Fsp3) is 0.955. The van der Waals surface area contributed by atoms with E-state index in [1.165, 1.54) is 44.1 Å². The Morgan fingerprint density at radius 2 is 0.540 bits per heavy atom. The van der Waals surface area contributed by atoms with E-state index in [2.05, 4.69) is 462 Å². The van der Waals surface area contributed by atoms with E-state index >= 15 is 0 Å². The van der Waals surface area contributed by atoms with E-state index in [9.17, 15) is 15.0 Å². The molecule has 0 aromatic heterocycles. The topological polar surface area (TPSA) is 57.5 Å². The average molecular weight is 1610 g/mol. The second-order valence-electron chi connectivity index (χ2n) is 59.9. The number of aliphatic hydroxyl groups is 2. The number of Topliss-reactive ketones (excluding diaryl/α,β-unsaturated/α-hetero) is 1. The molecular formula is C110H234O3. The molecule has 0 amide bonds. The van der Waals surface area contributed by atoms with Crippen LogP contribution in [0.25, 0.3) is 0 Å². The van der Waals surface area contributed by atoms with Crippen LogP contribution in [0.4, 0.5) is 0 Å². The molecule has 3 heteroatoms. The molecule has 1 aliphatic rings. The van der Waals surface area contributed by atoms with Crippen LogP contribution in [-0.4, -0.2) is 27.7 Å². The van der Waals surface area contributed by atoms with Gasteiger partial charge in [0, 0.05) is 10.8 Å². The van der Waals surface area contributed by atoms with Crippen molar-refractivity contribution in [3.8, 4) is 0 Å². The van der Waals surface area contributed by atoms with Gasteiger partial charge < -0.3 is 10.2 Å². The minimum atomic E-state index is -0.625. The Kier molecular flexibility index (Phi) is 53.4. The van der Waals surface area contributed by atoms with Gasteiger partial charge in [-0.15, -0.1) is 0 Å². The summed E-state index contributed by atoms with van der Waals surface area (Å²) < 4.78 is 0. The van der Waals surface area contributed by atoms with Crippen LogP contribution < -0.4 is 0 Å². The first-order valence-corrected chi connectivity index (χ1v) is 45.5. The van der Waals surface area contributed by atoms with E-state index in [0.29, 0.717) is 92.4 Å². The molecule has 1 aliphatic carbocycles. The Bertz CT molecular complexity index is 2220. The zero-order chi connectivity index (χ0) is 96.0. The predicted octanol–water partition coefficient (Wildman–Crippen LogP) is 38.3. The first-order valence-electron chi connectivity index (χ1n) is 45.5. The Morgan fingerprint density at radius 1 is 0.327 bits per heavy atom. The van der Waals surface area contributed by atoms with Gasteiger partial charge in [0.2, 0.25) is 0 Å². The Morgan fingerprint density at radius 3 is 0.558 bits per heavy atom. The summed E-state index contributed by atoms with van der Waals surface area (Å²) in [4.78, 5) is 11.5. The monoisotopic (exact) mass is 1600 g/mol. The van der Waals surface area contributed by atoms with E-state index in [-0.39, 0.29) is 49.4 Å². The molecule has 0 unspecified atom stereocenters. The third kappa shape index (κ3) is 67.3. The lowest BCUT2D eigenvalue weighted by molar-refractivity contribution is -0.134. The summed E-state index contributed by atoms with van der Waals surface area (Å²) >= 11 is 0. The van der Waals surface area contributed by atoms with E-state index in [0.717, 1.165) is 11.8 Å². The molecule has 0 atom stereocenters. The minimum Gasteiger partial charge on any atom is -0.392 e. The van der Waals surface area contributed by atoms with Crippen molar-refractivity contribution in [1.29, 1.82) is 0 Å². The normalized spacial score (nSPS) is 15.2. The van der Waals surface area contributed by atoms with Gasteiger partial charge in [0.05, 0.1) is 11.7 Å². The molecule has 1 fully saturated rings. The minimum absolute atomic E-state index is 0.00174. The summed E-state index contributed by atoms with van der Waals surface area (Å²) in [5.74, 6) is 1.90. The molecule has 0 aromatic rings. The van der Waals surface area contributed by atoms with Crippen LogP contribution in [0.5, 0.6) is 0 Å². The summed E-state index contributed by atoms with van der Waals surface area (Å²) in [5, 5.41) is 19.9. The van der Waals surface area contributed by atoms with Gasteiger partial charge >= 0.3 is 0 Å². The zero-order valence-electron chi connectivity index (χ0n) is 93.6. The van der Waals surface area contributed by atoms with Crippen LogP contribution in [0, 0.1) is 142 Å². The van der Waals surface area contributed by atoms with Crippen molar-refractivity contribution < 1.29 is 15.0 Å². The van der Waals surface area contributed by atoms with E-state index in [1.54, 1.807) is 0 Å².